The van der Waals surface area contributed by atoms with Crippen LogP contribution in [0.1, 0.15) is 6.92 Å². The van der Waals surface area contributed by atoms with Crippen molar-refractivity contribution in [1.29, 1.82) is 5.26 Å². The molecule has 8 heavy (non-hydrogen) atoms. The van der Waals surface area contributed by atoms with E-state index in [1.807, 2.05) is 0 Å². The van der Waals surface area contributed by atoms with Gasteiger partial charge in [-0.2, -0.15) is 5.26 Å². The minimum atomic E-state index is -0.668. The molecule has 0 radical (unpaired) electrons. The van der Waals surface area contributed by atoms with Gasteiger partial charge in [-0.3, -0.25) is 0 Å². The molecule has 0 aliphatic heterocycles. The van der Waals surface area contributed by atoms with Gasteiger partial charge in [-0.25, -0.2) is 4.79 Å². The summed E-state index contributed by atoms with van der Waals surface area (Å²) in [5.74, 6) is 0. The number of nitrogens with one attached hydrogen (secondary N) is 1. The van der Waals surface area contributed by atoms with Gasteiger partial charge in [0, 0.05) is 0 Å². The summed E-state index contributed by atoms with van der Waals surface area (Å²) in [5.41, 5.74) is 4.67. The topological polar surface area (TPSA) is 78.9 Å². The molecule has 0 aromatic carbocycles. The van der Waals surface area contributed by atoms with Crippen molar-refractivity contribution in [2.75, 3.05) is 0 Å². The maximum Gasteiger partial charge on any atom is 0.313 e. The van der Waals surface area contributed by atoms with Gasteiger partial charge in [0.15, 0.2) is 0 Å². The Kier molecular flexibility index (Phi) is 2.41. The first-order chi connectivity index (χ1) is 3.66. The molecular formula is C4H7N3O. The van der Waals surface area contributed by atoms with Crippen molar-refractivity contribution in [2.45, 2.75) is 13.0 Å². The summed E-state index contributed by atoms with van der Waals surface area (Å²) in [5, 5.41) is 10.2. The molecule has 0 saturated carbocycles. The maximum absolute atomic E-state index is 9.93. The summed E-state index contributed by atoms with van der Waals surface area (Å²) in [7, 11) is 0. The zero-order valence-electron chi connectivity index (χ0n) is 4.51. The van der Waals surface area contributed by atoms with Crippen LogP contribution in [-0.2, 0) is 0 Å². The van der Waals surface area contributed by atoms with Crippen LogP contribution < -0.4 is 11.1 Å². The molecule has 0 heterocycles. The predicted molar refractivity (Wildman–Crippen MR) is 27.8 cm³/mol. The third-order valence-corrected chi connectivity index (χ3v) is 0.552. The van der Waals surface area contributed by atoms with Gasteiger partial charge >= 0.3 is 6.03 Å². The van der Waals surface area contributed by atoms with Crippen LogP contribution in [0, 0.1) is 11.3 Å². The minimum Gasteiger partial charge on any atom is -0.352 e. The van der Waals surface area contributed by atoms with Gasteiger partial charge in [0.25, 0.3) is 0 Å². The molecule has 0 aromatic rings. The Labute approximate surface area is 47.3 Å². The van der Waals surface area contributed by atoms with E-state index in [9.17, 15) is 4.79 Å². The van der Waals surface area contributed by atoms with Crippen molar-refractivity contribution in [1.82, 2.24) is 5.32 Å². The zero-order valence-corrected chi connectivity index (χ0v) is 4.51. The van der Waals surface area contributed by atoms with E-state index in [-0.39, 0.29) is 0 Å². The van der Waals surface area contributed by atoms with Crippen molar-refractivity contribution in [3.8, 4) is 6.07 Å². The van der Waals surface area contributed by atoms with Gasteiger partial charge in [0.05, 0.1) is 6.07 Å². The van der Waals surface area contributed by atoms with E-state index in [0.29, 0.717) is 0 Å². The summed E-state index contributed by atoms with van der Waals surface area (Å²) in [4.78, 5) is 9.93. The molecule has 44 valence electrons. The number of urea groups is 1. The second kappa shape index (κ2) is 2.86. The summed E-state index contributed by atoms with van der Waals surface area (Å²) in [6.45, 7) is 1.55. The number of carbonyl (C=O) groups is 1. The number of hydrogen-bond acceptors (Lipinski definition) is 2. The lowest BCUT2D eigenvalue weighted by Crippen LogP contribution is -2.35. The second-order valence-corrected chi connectivity index (χ2v) is 1.36. The van der Waals surface area contributed by atoms with Gasteiger partial charge in [0.2, 0.25) is 0 Å². The summed E-state index contributed by atoms with van der Waals surface area (Å²) in [6.07, 6.45) is 0. The fraction of sp³-hybridized carbons (Fsp3) is 0.500. The fourth-order valence-electron chi connectivity index (χ4n) is 0.246. The Bertz CT molecular complexity index is 126. The van der Waals surface area contributed by atoms with E-state index in [2.05, 4.69) is 11.1 Å². The highest BCUT2D eigenvalue weighted by atomic mass is 16.2. The minimum absolute atomic E-state index is 0.493. The van der Waals surface area contributed by atoms with Crippen LogP contribution in [0.3, 0.4) is 0 Å². The molecule has 1 atom stereocenters. The van der Waals surface area contributed by atoms with Gasteiger partial charge < -0.3 is 11.1 Å². The molecule has 0 bridgehead atoms. The fourth-order valence-corrected chi connectivity index (χ4v) is 0.246. The molecule has 2 amide bonds. The van der Waals surface area contributed by atoms with E-state index in [0.717, 1.165) is 0 Å². The SMILES string of the molecule is CC(C#N)NC(N)=O. The largest absolute Gasteiger partial charge is 0.352 e. The average molecular weight is 113 g/mol. The van der Waals surface area contributed by atoms with Crippen LogP contribution in [0.5, 0.6) is 0 Å². The molecule has 0 fully saturated rings. The molecule has 0 aliphatic carbocycles. The third kappa shape index (κ3) is 2.97. The number of rotatable bonds is 1. The second-order valence-electron chi connectivity index (χ2n) is 1.36. The molecular weight excluding hydrogens is 106 g/mol. The van der Waals surface area contributed by atoms with E-state index in [1.54, 1.807) is 13.0 Å². The van der Waals surface area contributed by atoms with Crippen LogP contribution in [0.4, 0.5) is 4.79 Å². The maximum atomic E-state index is 9.93. The van der Waals surface area contributed by atoms with Crippen molar-refractivity contribution in [3.63, 3.8) is 0 Å². The molecule has 0 aromatic heterocycles. The van der Waals surface area contributed by atoms with Gasteiger partial charge in [-0.1, -0.05) is 0 Å². The molecule has 0 spiro atoms. The van der Waals surface area contributed by atoms with Crippen LogP contribution in [-0.4, -0.2) is 12.1 Å². The van der Waals surface area contributed by atoms with Crippen molar-refractivity contribution in [2.24, 2.45) is 5.73 Å². The predicted octanol–water partition coefficient (Wildman–Crippen LogP) is -0.433. The van der Waals surface area contributed by atoms with Crippen LogP contribution in [0.15, 0.2) is 0 Å². The monoisotopic (exact) mass is 113 g/mol. The Hall–Kier alpha value is -1.24. The molecule has 0 aliphatic rings. The van der Waals surface area contributed by atoms with Gasteiger partial charge in [-0.05, 0) is 6.92 Å². The lowest BCUT2D eigenvalue weighted by Gasteiger charge is -1.98. The van der Waals surface area contributed by atoms with Crippen LogP contribution in [0.2, 0.25) is 0 Å². The standard InChI is InChI=1S/C4H7N3O/c1-3(2-5)7-4(6)8/h3H,1H3,(H3,6,7,8). The van der Waals surface area contributed by atoms with Crippen LogP contribution in [0.25, 0.3) is 0 Å². The number of nitrogens with zero attached hydrogens (tertiary/aromatic N) is 1. The highest BCUT2D eigenvalue weighted by Gasteiger charge is 1.97. The molecule has 4 heteroatoms. The van der Waals surface area contributed by atoms with E-state index in [1.165, 1.54) is 0 Å². The molecule has 1 unspecified atom stereocenters. The normalized spacial score (nSPS) is 11.5. The number of amides is 2. The van der Waals surface area contributed by atoms with E-state index in [4.69, 9.17) is 5.26 Å². The Morgan fingerprint density at radius 3 is 2.62 bits per heavy atom. The van der Waals surface area contributed by atoms with Crippen LogP contribution >= 0.6 is 0 Å². The van der Waals surface area contributed by atoms with Gasteiger partial charge in [0.1, 0.15) is 6.04 Å². The molecule has 0 rings (SSSR count). The summed E-state index contributed by atoms with van der Waals surface area (Å²) >= 11 is 0. The lowest BCUT2D eigenvalue weighted by molar-refractivity contribution is 0.248. The molecule has 3 N–H and O–H groups in total. The van der Waals surface area contributed by atoms with Crippen molar-refractivity contribution in [3.05, 3.63) is 0 Å². The number of hydrogen-bond donors (Lipinski definition) is 2. The Morgan fingerprint density at radius 2 is 2.50 bits per heavy atom. The number of primary amides is 1. The Balaban J connectivity index is 3.43. The lowest BCUT2D eigenvalue weighted by atomic mass is 10.4. The first-order valence-corrected chi connectivity index (χ1v) is 2.12. The van der Waals surface area contributed by atoms with Gasteiger partial charge in [-0.15, -0.1) is 0 Å². The van der Waals surface area contributed by atoms with E-state index < -0.39 is 12.1 Å². The van der Waals surface area contributed by atoms with E-state index >= 15 is 0 Å². The van der Waals surface area contributed by atoms with Crippen molar-refractivity contribution >= 4 is 6.03 Å². The number of nitriles is 1. The quantitative estimate of drug-likeness (QED) is 0.483. The molecule has 0 saturated heterocycles. The Morgan fingerprint density at radius 1 is 2.00 bits per heavy atom. The summed E-state index contributed by atoms with van der Waals surface area (Å²) in [6, 6.07) is 0.624. The first-order valence-electron chi connectivity index (χ1n) is 2.12. The number of carbonyl (C=O) groups excluding carboxylic acids is 1. The average Bonchev–Trinajstić information content (AvgIpc) is 1.65. The smallest absolute Gasteiger partial charge is 0.313 e. The number of nitrogens with two attached hydrogens (primary N) is 1. The molecule has 4 nitrogen and oxygen atoms in total. The highest BCUT2D eigenvalue weighted by molar-refractivity contribution is 5.72. The summed E-state index contributed by atoms with van der Waals surface area (Å²) < 4.78 is 0. The zero-order chi connectivity index (χ0) is 6.57. The highest BCUT2D eigenvalue weighted by Crippen LogP contribution is 1.72. The third-order valence-electron chi connectivity index (χ3n) is 0.552. The first kappa shape index (κ1) is 6.76. The van der Waals surface area contributed by atoms with Crippen molar-refractivity contribution < 1.29 is 4.79 Å².